The second-order valence-corrected chi connectivity index (χ2v) is 7.51. The van der Waals surface area contributed by atoms with Crippen molar-refractivity contribution in [2.75, 3.05) is 11.1 Å². The van der Waals surface area contributed by atoms with Crippen molar-refractivity contribution in [2.45, 2.75) is 18.7 Å². The van der Waals surface area contributed by atoms with Gasteiger partial charge in [-0.25, -0.2) is 8.42 Å². The van der Waals surface area contributed by atoms with E-state index in [1.165, 1.54) is 23.5 Å². The Hall–Kier alpha value is -1.66. The Morgan fingerprint density at radius 1 is 1.20 bits per heavy atom. The molecule has 0 aliphatic heterocycles. The Morgan fingerprint density at radius 2 is 1.85 bits per heavy atom. The van der Waals surface area contributed by atoms with Crippen molar-refractivity contribution < 1.29 is 13.2 Å². The summed E-state index contributed by atoms with van der Waals surface area (Å²) in [6, 6.07) is 8.11. The predicted molar refractivity (Wildman–Crippen MR) is 81.2 cm³/mol. The number of thiophene rings is 1. The first kappa shape index (κ1) is 14.7. The lowest BCUT2D eigenvalue weighted by atomic mass is 10.2. The SMILES string of the molecule is CCS(=O)(=O)c1ccc(NC(=O)c2sccc2C)cc1. The van der Waals surface area contributed by atoms with Crippen LogP contribution in [0.15, 0.2) is 40.6 Å². The normalized spacial score (nSPS) is 11.3. The molecule has 0 saturated heterocycles. The number of nitrogens with one attached hydrogen (secondary N) is 1. The minimum atomic E-state index is -3.20. The maximum absolute atomic E-state index is 12.0. The summed E-state index contributed by atoms with van der Waals surface area (Å²) in [6.07, 6.45) is 0. The van der Waals surface area contributed by atoms with E-state index in [9.17, 15) is 13.2 Å². The summed E-state index contributed by atoms with van der Waals surface area (Å²) in [6.45, 7) is 3.48. The molecule has 0 radical (unpaired) electrons. The molecule has 6 heteroatoms. The van der Waals surface area contributed by atoms with Crippen LogP contribution in [0.5, 0.6) is 0 Å². The monoisotopic (exact) mass is 309 g/mol. The summed E-state index contributed by atoms with van der Waals surface area (Å²) in [5, 5.41) is 4.62. The summed E-state index contributed by atoms with van der Waals surface area (Å²) in [4.78, 5) is 12.9. The number of benzene rings is 1. The van der Waals surface area contributed by atoms with Crippen LogP contribution >= 0.6 is 11.3 Å². The third-order valence-electron chi connectivity index (χ3n) is 2.92. The largest absolute Gasteiger partial charge is 0.321 e. The standard InChI is InChI=1S/C14H15NO3S2/c1-3-20(17,18)12-6-4-11(5-7-12)15-14(16)13-10(2)8-9-19-13/h4-9H,3H2,1-2H3,(H,15,16). The summed E-state index contributed by atoms with van der Waals surface area (Å²) >= 11 is 1.38. The summed E-state index contributed by atoms with van der Waals surface area (Å²) in [5.41, 5.74) is 1.51. The molecule has 1 heterocycles. The Labute approximate surface area is 122 Å². The fourth-order valence-corrected chi connectivity index (χ4v) is 3.41. The zero-order chi connectivity index (χ0) is 14.8. The molecule has 1 aromatic heterocycles. The minimum Gasteiger partial charge on any atom is -0.321 e. The van der Waals surface area contributed by atoms with Gasteiger partial charge in [-0.2, -0.15) is 0 Å². The van der Waals surface area contributed by atoms with Gasteiger partial charge in [0, 0.05) is 5.69 Å². The quantitative estimate of drug-likeness (QED) is 0.944. The van der Waals surface area contributed by atoms with E-state index < -0.39 is 9.84 Å². The fraction of sp³-hybridized carbons (Fsp3) is 0.214. The summed E-state index contributed by atoms with van der Waals surface area (Å²) < 4.78 is 23.4. The van der Waals surface area contributed by atoms with Crippen LogP contribution in [0.1, 0.15) is 22.2 Å². The van der Waals surface area contributed by atoms with Crippen molar-refractivity contribution in [3.05, 3.63) is 46.2 Å². The van der Waals surface area contributed by atoms with Crippen molar-refractivity contribution in [1.82, 2.24) is 0 Å². The lowest BCUT2D eigenvalue weighted by Gasteiger charge is -2.06. The Balaban J connectivity index is 2.16. The van der Waals surface area contributed by atoms with Crippen LogP contribution in [0.3, 0.4) is 0 Å². The molecule has 20 heavy (non-hydrogen) atoms. The van der Waals surface area contributed by atoms with E-state index in [-0.39, 0.29) is 16.6 Å². The van der Waals surface area contributed by atoms with Crippen molar-refractivity contribution in [3.63, 3.8) is 0 Å². The number of rotatable bonds is 4. The zero-order valence-corrected chi connectivity index (χ0v) is 12.8. The number of aryl methyl sites for hydroxylation is 1. The van der Waals surface area contributed by atoms with Crippen molar-refractivity contribution in [3.8, 4) is 0 Å². The Bertz CT molecular complexity index is 715. The average Bonchev–Trinajstić information content (AvgIpc) is 2.85. The van der Waals surface area contributed by atoms with Crippen LogP contribution in [0.2, 0.25) is 0 Å². The van der Waals surface area contributed by atoms with Gasteiger partial charge < -0.3 is 5.32 Å². The zero-order valence-electron chi connectivity index (χ0n) is 11.2. The van der Waals surface area contributed by atoms with Gasteiger partial charge in [0.25, 0.3) is 5.91 Å². The molecule has 0 bridgehead atoms. The molecule has 2 aromatic rings. The van der Waals surface area contributed by atoms with Crippen LogP contribution in [-0.2, 0) is 9.84 Å². The highest BCUT2D eigenvalue weighted by atomic mass is 32.2. The highest BCUT2D eigenvalue weighted by molar-refractivity contribution is 7.91. The Morgan fingerprint density at radius 3 is 2.35 bits per heavy atom. The van der Waals surface area contributed by atoms with E-state index in [1.807, 2.05) is 18.4 Å². The van der Waals surface area contributed by atoms with E-state index in [2.05, 4.69) is 5.32 Å². The van der Waals surface area contributed by atoms with Crippen molar-refractivity contribution in [1.29, 1.82) is 0 Å². The topological polar surface area (TPSA) is 63.2 Å². The van der Waals surface area contributed by atoms with Gasteiger partial charge in [-0.3, -0.25) is 4.79 Å². The second-order valence-electron chi connectivity index (χ2n) is 4.31. The molecule has 1 amide bonds. The van der Waals surface area contributed by atoms with E-state index in [0.717, 1.165) is 5.56 Å². The first-order valence-electron chi connectivity index (χ1n) is 6.12. The number of amides is 1. The molecule has 4 nitrogen and oxygen atoms in total. The smallest absolute Gasteiger partial charge is 0.265 e. The molecule has 2 rings (SSSR count). The molecular formula is C14H15NO3S2. The molecule has 1 aromatic carbocycles. The lowest BCUT2D eigenvalue weighted by molar-refractivity contribution is 0.103. The third-order valence-corrected chi connectivity index (χ3v) is 5.69. The number of hydrogen-bond donors (Lipinski definition) is 1. The highest BCUT2D eigenvalue weighted by Gasteiger charge is 2.13. The second kappa shape index (κ2) is 5.76. The van der Waals surface area contributed by atoms with Crippen molar-refractivity contribution >= 4 is 32.8 Å². The Kier molecular flexibility index (Phi) is 4.25. The maximum atomic E-state index is 12.0. The van der Waals surface area contributed by atoms with Gasteiger partial charge in [0.2, 0.25) is 0 Å². The van der Waals surface area contributed by atoms with Gasteiger partial charge in [0.1, 0.15) is 0 Å². The first-order chi connectivity index (χ1) is 9.44. The number of sulfone groups is 1. The molecule has 0 saturated carbocycles. The molecule has 0 spiro atoms. The lowest BCUT2D eigenvalue weighted by Crippen LogP contribution is -2.11. The molecule has 0 aliphatic rings. The minimum absolute atomic E-state index is 0.0626. The molecule has 0 fully saturated rings. The van der Waals surface area contributed by atoms with E-state index in [0.29, 0.717) is 10.6 Å². The highest BCUT2D eigenvalue weighted by Crippen LogP contribution is 2.19. The third kappa shape index (κ3) is 3.08. The van der Waals surface area contributed by atoms with Gasteiger partial charge >= 0.3 is 0 Å². The summed E-state index contributed by atoms with van der Waals surface area (Å²) in [7, 11) is -3.20. The molecule has 1 N–H and O–H groups in total. The van der Waals surface area contributed by atoms with Gasteiger partial charge in [0.05, 0.1) is 15.5 Å². The van der Waals surface area contributed by atoms with Crippen LogP contribution in [0.25, 0.3) is 0 Å². The molecule has 0 unspecified atom stereocenters. The van der Waals surface area contributed by atoms with Crippen LogP contribution in [0.4, 0.5) is 5.69 Å². The molecule has 0 atom stereocenters. The predicted octanol–water partition coefficient (Wildman–Crippen LogP) is 3.10. The molecule has 106 valence electrons. The van der Waals surface area contributed by atoms with Crippen molar-refractivity contribution in [2.24, 2.45) is 0 Å². The maximum Gasteiger partial charge on any atom is 0.265 e. The van der Waals surface area contributed by atoms with Crippen LogP contribution in [-0.4, -0.2) is 20.1 Å². The first-order valence-corrected chi connectivity index (χ1v) is 8.65. The number of hydrogen-bond acceptors (Lipinski definition) is 4. The molecule has 0 aliphatic carbocycles. The number of carbonyl (C=O) groups excluding carboxylic acids is 1. The van der Waals surface area contributed by atoms with Crippen LogP contribution < -0.4 is 5.32 Å². The number of carbonyl (C=O) groups is 1. The van der Waals surface area contributed by atoms with Crippen LogP contribution in [0, 0.1) is 6.92 Å². The van der Waals surface area contributed by atoms with E-state index >= 15 is 0 Å². The summed E-state index contributed by atoms with van der Waals surface area (Å²) in [5.74, 6) is -0.115. The van der Waals surface area contributed by atoms with Gasteiger partial charge in [-0.15, -0.1) is 11.3 Å². The molecular weight excluding hydrogens is 294 g/mol. The average molecular weight is 309 g/mol. The van der Waals surface area contributed by atoms with E-state index in [1.54, 1.807) is 19.1 Å². The van der Waals surface area contributed by atoms with Gasteiger partial charge in [-0.05, 0) is 48.2 Å². The van der Waals surface area contributed by atoms with Gasteiger partial charge in [0.15, 0.2) is 9.84 Å². The van der Waals surface area contributed by atoms with Gasteiger partial charge in [-0.1, -0.05) is 6.92 Å². The van der Waals surface area contributed by atoms with E-state index in [4.69, 9.17) is 0 Å². The fourth-order valence-electron chi connectivity index (χ4n) is 1.71. The number of anilines is 1.